The Labute approximate surface area is 132 Å². The molecule has 0 fully saturated rings. The third kappa shape index (κ3) is 2.81. The normalized spacial score (nSPS) is 15.3. The zero-order valence-electron chi connectivity index (χ0n) is 13.5. The smallest absolute Gasteiger partial charge is 0.161 e. The Morgan fingerprint density at radius 3 is 2.23 bits per heavy atom. The fourth-order valence-electron chi connectivity index (χ4n) is 3.22. The minimum Gasteiger partial charge on any atom is -0.490 e. The van der Waals surface area contributed by atoms with Crippen LogP contribution >= 0.6 is 0 Å². The van der Waals surface area contributed by atoms with Crippen molar-refractivity contribution in [2.24, 2.45) is 5.73 Å². The predicted molar refractivity (Wildman–Crippen MR) is 88.7 cm³/mol. The Morgan fingerprint density at radius 1 is 0.909 bits per heavy atom. The van der Waals surface area contributed by atoms with Crippen molar-refractivity contribution in [2.75, 3.05) is 13.2 Å². The lowest BCUT2D eigenvalue weighted by Gasteiger charge is -2.20. The van der Waals surface area contributed by atoms with Gasteiger partial charge < -0.3 is 15.2 Å². The molecular weight excluding hydrogens is 274 g/mol. The van der Waals surface area contributed by atoms with Crippen LogP contribution in [0, 0.1) is 20.8 Å². The second-order valence-corrected chi connectivity index (χ2v) is 6.05. The molecule has 1 heterocycles. The maximum atomic E-state index is 6.54. The standard InChI is InChI=1S/C19H23NO2/c1-12-9-13(2)18(14(3)10-12)19(20)15-5-6-16-17(11-15)22-8-4-7-21-16/h5-6,9-11,19H,4,7-8,20H2,1-3H3. The summed E-state index contributed by atoms with van der Waals surface area (Å²) in [7, 11) is 0. The van der Waals surface area contributed by atoms with Gasteiger partial charge in [0.15, 0.2) is 11.5 Å². The van der Waals surface area contributed by atoms with Gasteiger partial charge in [-0.15, -0.1) is 0 Å². The third-order valence-corrected chi connectivity index (χ3v) is 4.18. The fraction of sp³-hybridized carbons (Fsp3) is 0.368. The van der Waals surface area contributed by atoms with Gasteiger partial charge in [-0.25, -0.2) is 0 Å². The molecule has 0 spiro atoms. The van der Waals surface area contributed by atoms with Crippen molar-refractivity contribution < 1.29 is 9.47 Å². The highest BCUT2D eigenvalue weighted by Crippen LogP contribution is 2.34. The van der Waals surface area contributed by atoms with Gasteiger partial charge in [-0.05, 0) is 55.2 Å². The van der Waals surface area contributed by atoms with Crippen molar-refractivity contribution >= 4 is 0 Å². The monoisotopic (exact) mass is 297 g/mol. The largest absolute Gasteiger partial charge is 0.490 e. The number of hydrogen-bond donors (Lipinski definition) is 1. The van der Waals surface area contributed by atoms with Gasteiger partial charge in [-0.3, -0.25) is 0 Å². The van der Waals surface area contributed by atoms with Crippen LogP contribution in [0.5, 0.6) is 11.5 Å². The minimum absolute atomic E-state index is 0.155. The van der Waals surface area contributed by atoms with Gasteiger partial charge in [0.2, 0.25) is 0 Å². The van der Waals surface area contributed by atoms with Gasteiger partial charge in [0.1, 0.15) is 0 Å². The molecule has 22 heavy (non-hydrogen) atoms. The quantitative estimate of drug-likeness (QED) is 0.916. The Hall–Kier alpha value is -2.00. The van der Waals surface area contributed by atoms with Crippen molar-refractivity contribution in [3.63, 3.8) is 0 Å². The summed E-state index contributed by atoms with van der Waals surface area (Å²) < 4.78 is 11.5. The van der Waals surface area contributed by atoms with E-state index in [1.54, 1.807) is 0 Å². The molecule has 1 unspecified atom stereocenters. The number of rotatable bonds is 2. The van der Waals surface area contributed by atoms with E-state index >= 15 is 0 Å². The van der Waals surface area contributed by atoms with E-state index in [0.717, 1.165) is 23.5 Å². The molecule has 1 aliphatic rings. The van der Waals surface area contributed by atoms with Gasteiger partial charge in [0.05, 0.1) is 19.3 Å². The van der Waals surface area contributed by atoms with Crippen LogP contribution < -0.4 is 15.2 Å². The van der Waals surface area contributed by atoms with Crippen LogP contribution in [0.3, 0.4) is 0 Å². The van der Waals surface area contributed by atoms with Crippen molar-refractivity contribution in [1.29, 1.82) is 0 Å². The van der Waals surface area contributed by atoms with Crippen LogP contribution in [0.15, 0.2) is 30.3 Å². The van der Waals surface area contributed by atoms with Gasteiger partial charge in [0, 0.05) is 6.42 Å². The molecule has 0 aliphatic carbocycles. The molecule has 0 radical (unpaired) electrons. The summed E-state index contributed by atoms with van der Waals surface area (Å²) in [5.74, 6) is 1.61. The lowest BCUT2D eigenvalue weighted by atomic mass is 9.90. The molecule has 3 rings (SSSR count). The third-order valence-electron chi connectivity index (χ3n) is 4.18. The van der Waals surface area contributed by atoms with E-state index < -0.39 is 0 Å². The predicted octanol–water partition coefficient (Wildman–Crippen LogP) is 3.82. The Balaban J connectivity index is 1.99. The number of nitrogens with two attached hydrogens (primary N) is 1. The van der Waals surface area contributed by atoms with Crippen molar-refractivity contribution in [3.05, 3.63) is 58.1 Å². The zero-order chi connectivity index (χ0) is 15.7. The molecule has 2 aromatic carbocycles. The molecule has 0 aromatic heterocycles. The average molecular weight is 297 g/mol. The van der Waals surface area contributed by atoms with E-state index in [1.807, 2.05) is 18.2 Å². The number of fused-ring (bicyclic) bond motifs is 1. The first-order valence-electron chi connectivity index (χ1n) is 7.79. The van der Waals surface area contributed by atoms with Crippen LogP contribution in [0.4, 0.5) is 0 Å². The van der Waals surface area contributed by atoms with Crippen molar-refractivity contribution in [3.8, 4) is 11.5 Å². The molecule has 2 aromatic rings. The summed E-state index contributed by atoms with van der Waals surface area (Å²) >= 11 is 0. The highest BCUT2D eigenvalue weighted by atomic mass is 16.5. The maximum absolute atomic E-state index is 6.54. The number of benzene rings is 2. The Bertz CT molecular complexity index is 671. The van der Waals surface area contributed by atoms with Gasteiger partial charge in [-0.1, -0.05) is 23.8 Å². The molecule has 0 bridgehead atoms. The molecule has 2 N–H and O–H groups in total. The second-order valence-electron chi connectivity index (χ2n) is 6.05. The lowest BCUT2D eigenvalue weighted by molar-refractivity contribution is 0.297. The first-order valence-corrected chi connectivity index (χ1v) is 7.79. The first-order chi connectivity index (χ1) is 10.6. The van der Waals surface area contributed by atoms with Crippen LogP contribution in [0.25, 0.3) is 0 Å². The summed E-state index contributed by atoms with van der Waals surface area (Å²) in [6.45, 7) is 7.75. The SMILES string of the molecule is Cc1cc(C)c(C(N)c2ccc3c(c2)OCCCO3)c(C)c1. The van der Waals surface area contributed by atoms with Crippen molar-refractivity contribution in [1.82, 2.24) is 0 Å². The summed E-state index contributed by atoms with van der Waals surface area (Å²) in [6.07, 6.45) is 0.909. The fourth-order valence-corrected chi connectivity index (χ4v) is 3.22. The van der Waals surface area contributed by atoms with E-state index in [1.165, 1.54) is 22.3 Å². The highest BCUT2D eigenvalue weighted by molar-refractivity contribution is 5.49. The van der Waals surface area contributed by atoms with Gasteiger partial charge in [-0.2, -0.15) is 0 Å². The number of ether oxygens (including phenoxy) is 2. The maximum Gasteiger partial charge on any atom is 0.161 e. The molecule has 0 amide bonds. The summed E-state index contributed by atoms with van der Waals surface area (Å²) in [5, 5.41) is 0. The van der Waals surface area contributed by atoms with Gasteiger partial charge >= 0.3 is 0 Å². The van der Waals surface area contributed by atoms with E-state index in [-0.39, 0.29) is 6.04 Å². The molecule has 116 valence electrons. The summed E-state index contributed by atoms with van der Waals surface area (Å²) in [4.78, 5) is 0. The van der Waals surface area contributed by atoms with E-state index in [2.05, 4.69) is 32.9 Å². The van der Waals surface area contributed by atoms with Crippen LogP contribution in [-0.2, 0) is 0 Å². The Morgan fingerprint density at radius 2 is 1.55 bits per heavy atom. The topological polar surface area (TPSA) is 44.5 Å². The summed E-state index contributed by atoms with van der Waals surface area (Å²) in [5.41, 5.74) is 12.5. The second kappa shape index (κ2) is 6.01. The number of hydrogen-bond acceptors (Lipinski definition) is 3. The van der Waals surface area contributed by atoms with E-state index in [9.17, 15) is 0 Å². The Kier molecular flexibility index (Phi) is 4.08. The molecule has 1 atom stereocenters. The molecular formula is C19H23NO2. The van der Waals surface area contributed by atoms with Crippen LogP contribution in [-0.4, -0.2) is 13.2 Å². The lowest BCUT2D eigenvalue weighted by Crippen LogP contribution is -2.15. The van der Waals surface area contributed by atoms with E-state index in [0.29, 0.717) is 13.2 Å². The minimum atomic E-state index is -0.155. The first kappa shape index (κ1) is 14.9. The number of aryl methyl sites for hydroxylation is 3. The van der Waals surface area contributed by atoms with Crippen LogP contribution in [0.1, 0.15) is 40.3 Å². The zero-order valence-corrected chi connectivity index (χ0v) is 13.5. The highest BCUT2D eigenvalue weighted by Gasteiger charge is 2.18. The molecule has 3 heteroatoms. The van der Waals surface area contributed by atoms with Gasteiger partial charge in [0.25, 0.3) is 0 Å². The molecule has 1 aliphatic heterocycles. The molecule has 3 nitrogen and oxygen atoms in total. The van der Waals surface area contributed by atoms with E-state index in [4.69, 9.17) is 15.2 Å². The molecule has 0 saturated heterocycles. The summed E-state index contributed by atoms with van der Waals surface area (Å²) in [6, 6.07) is 10.2. The van der Waals surface area contributed by atoms with Crippen LogP contribution in [0.2, 0.25) is 0 Å². The molecule has 0 saturated carbocycles. The average Bonchev–Trinajstić information content (AvgIpc) is 2.70. The van der Waals surface area contributed by atoms with Crippen molar-refractivity contribution in [2.45, 2.75) is 33.2 Å².